The predicted molar refractivity (Wildman–Crippen MR) is 86.3 cm³/mol. The van der Waals surface area contributed by atoms with Gasteiger partial charge in [0.1, 0.15) is 25.9 Å². The van der Waals surface area contributed by atoms with Crippen LogP contribution in [0.1, 0.15) is 40.0 Å². The molecular weight excluding hydrogens is 352 g/mol. The van der Waals surface area contributed by atoms with Crippen LogP contribution in [-0.4, -0.2) is 63.4 Å². The van der Waals surface area contributed by atoms with Crippen LogP contribution < -0.4 is 0 Å². The Kier molecular flexibility index (Phi) is 12.4. The second-order valence-corrected chi connectivity index (χ2v) is 5.14. The molecule has 0 radical (unpaired) electrons. The minimum Gasteiger partial charge on any atom is -0.462 e. The van der Waals surface area contributed by atoms with E-state index in [9.17, 15) is 19.2 Å². The van der Waals surface area contributed by atoms with Crippen molar-refractivity contribution in [2.75, 3.05) is 26.9 Å². The summed E-state index contributed by atoms with van der Waals surface area (Å²) in [4.78, 5) is 45.1. The van der Waals surface area contributed by atoms with Gasteiger partial charge in [0.25, 0.3) is 0 Å². The Morgan fingerprint density at radius 3 is 1.92 bits per heavy atom. The molecule has 10 nitrogen and oxygen atoms in total. The third kappa shape index (κ3) is 11.9. The van der Waals surface area contributed by atoms with Gasteiger partial charge in [-0.3, -0.25) is 9.59 Å². The molecule has 0 heterocycles. The van der Waals surface area contributed by atoms with Crippen molar-refractivity contribution >= 4 is 24.2 Å². The van der Waals surface area contributed by atoms with Crippen LogP contribution in [-0.2, 0) is 38.0 Å². The maximum absolute atomic E-state index is 11.9. The lowest BCUT2D eigenvalue weighted by Gasteiger charge is -2.20. The van der Waals surface area contributed by atoms with Crippen molar-refractivity contribution in [1.29, 1.82) is 0 Å². The Morgan fingerprint density at radius 1 is 0.808 bits per heavy atom. The number of esters is 2. The van der Waals surface area contributed by atoms with Crippen molar-refractivity contribution in [1.82, 2.24) is 0 Å². The van der Waals surface area contributed by atoms with E-state index in [2.05, 4.69) is 9.47 Å². The van der Waals surface area contributed by atoms with E-state index in [1.165, 1.54) is 6.92 Å². The SMILES string of the molecule is CCCC(=O)OCC(CC)OC(=O)OC(COC(C)=O)COC(=O)OC. The molecule has 0 N–H and O–H groups in total. The van der Waals surface area contributed by atoms with Crippen molar-refractivity contribution in [3.8, 4) is 0 Å². The summed E-state index contributed by atoms with van der Waals surface area (Å²) in [6.07, 6.45) is -2.52. The third-order valence-corrected chi connectivity index (χ3v) is 2.89. The zero-order chi connectivity index (χ0) is 19.9. The summed E-state index contributed by atoms with van der Waals surface area (Å²) in [6.45, 7) is 3.93. The number of carbonyl (C=O) groups excluding carboxylic acids is 4. The average molecular weight is 378 g/mol. The molecule has 150 valence electrons. The van der Waals surface area contributed by atoms with E-state index in [4.69, 9.17) is 18.9 Å². The maximum Gasteiger partial charge on any atom is 0.509 e. The van der Waals surface area contributed by atoms with Crippen LogP contribution in [0.5, 0.6) is 0 Å². The second kappa shape index (κ2) is 13.7. The van der Waals surface area contributed by atoms with Gasteiger partial charge in [0, 0.05) is 13.3 Å². The number of hydrogen-bond acceptors (Lipinski definition) is 10. The van der Waals surface area contributed by atoms with Gasteiger partial charge in [-0.25, -0.2) is 9.59 Å². The topological polar surface area (TPSA) is 124 Å². The van der Waals surface area contributed by atoms with Crippen molar-refractivity contribution in [2.45, 2.75) is 52.2 Å². The van der Waals surface area contributed by atoms with E-state index in [0.29, 0.717) is 12.8 Å². The van der Waals surface area contributed by atoms with Crippen molar-refractivity contribution in [2.24, 2.45) is 0 Å². The Labute approximate surface area is 152 Å². The molecule has 2 atom stereocenters. The smallest absolute Gasteiger partial charge is 0.462 e. The number of hydrogen-bond donors (Lipinski definition) is 0. The summed E-state index contributed by atoms with van der Waals surface area (Å²) in [5.74, 6) is -0.985. The lowest BCUT2D eigenvalue weighted by Crippen LogP contribution is -2.33. The summed E-state index contributed by atoms with van der Waals surface area (Å²) in [5, 5.41) is 0. The summed E-state index contributed by atoms with van der Waals surface area (Å²) in [5.41, 5.74) is 0. The molecule has 26 heavy (non-hydrogen) atoms. The van der Waals surface area contributed by atoms with Crippen LogP contribution in [0.15, 0.2) is 0 Å². The Balaban J connectivity index is 4.50. The van der Waals surface area contributed by atoms with E-state index < -0.39 is 37.1 Å². The lowest BCUT2D eigenvalue weighted by atomic mass is 10.3. The third-order valence-electron chi connectivity index (χ3n) is 2.89. The number of ether oxygens (including phenoxy) is 6. The molecule has 0 aliphatic heterocycles. The maximum atomic E-state index is 11.9. The largest absolute Gasteiger partial charge is 0.509 e. The van der Waals surface area contributed by atoms with Gasteiger partial charge in [0.15, 0.2) is 6.10 Å². The van der Waals surface area contributed by atoms with Gasteiger partial charge < -0.3 is 28.4 Å². The zero-order valence-electron chi connectivity index (χ0n) is 15.5. The fraction of sp³-hybridized carbons (Fsp3) is 0.750. The van der Waals surface area contributed by atoms with Crippen LogP contribution in [0.4, 0.5) is 9.59 Å². The Hall–Kier alpha value is -2.52. The minimum atomic E-state index is -1.08. The molecule has 0 aromatic rings. The molecular formula is C16H26O10. The van der Waals surface area contributed by atoms with Crippen LogP contribution >= 0.6 is 0 Å². The molecule has 2 unspecified atom stereocenters. The van der Waals surface area contributed by atoms with E-state index in [-0.39, 0.29) is 25.6 Å². The van der Waals surface area contributed by atoms with E-state index in [1.54, 1.807) is 6.92 Å². The molecule has 0 aromatic heterocycles. The predicted octanol–water partition coefficient (Wildman–Crippen LogP) is 1.98. The van der Waals surface area contributed by atoms with E-state index >= 15 is 0 Å². The standard InChI is InChI=1S/C16H26O10/c1-5-7-14(18)23-8-12(6-2)25-16(20)26-13(9-22-11(3)17)10-24-15(19)21-4/h12-13H,5-10H2,1-4H3. The quantitative estimate of drug-likeness (QED) is 0.389. The molecule has 0 bridgehead atoms. The van der Waals surface area contributed by atoms with Gasteiger partial charge in [-0.2, -0.15) is 0 Å². The Bertz CT molecular complexity index is 462. The highest BCUT2D eigenvalue weighted by molar-refractivity contribution is 5.69. The first-order valence-electron chi connectivity index (χ1n) is 8.19. The summed E-state index contributed by atoms with van der Waals surface area (Å²) in [6, 6.07) is 0. The Morgan fingerprint density at radius 2 is 1.38 bits per heavy atom. The normalized spacial score (nSPS) is 12.3. The van der Waals surface area contributed by atoms with E-state index in [0.717, 1.165) is 7.11 Å². The monoisotopic (exact) mass is 378 g/mol. The zero-order valence-corrected chi connectivity index (χ0v) is 15.5. The molecule has 0 rings (SSSR count). The van der Waals surface area contributed by atoms with Crippen LogP contribution in [0.3, 0.4) is 0 Å². The number of rotatable bonds is 11. The fourth-order valence-corrected chi connectivity index (χ4v) is 1.54. The van der Waals surface area contributed by atoms with Gasteiger partial charge >= 0.3 is 24.2 Å². The van der Waals surface area contributed by atoms with Crippen molar-refractivity contribution in [3.05, 3.63) is 0 Å². The number of carbonyl (C=O) groups is 4. The van der Waals surface area contributed by atoms with Crippen LogP contribution in [0, 0.1) is 0 Å². The second-order valence-electron chi connectivity index (χ2n) is 5.14. The van der Waals surface area contributed by atoms with Crippen LogP contribution in [0.2, 0.25) is 0 Å². The molecule has 0 saturated carbocycles. The highest BCUT2D eigenvalue weighted by Crippen LogP contribution is 2.06. The molecule has 0 aliphatic carbocycles. The molecule has 0 spiro atoms. The van der Waals surface area contributed by atoms with Gasteiger partial charge in [0.2, 0.25) is 0 Å². The van der Waals surface area contributed by atoms with Gasteiger partial charge in [0.05, 0.1) is 7.11 Å². The fourth-order valence-electron chi connectivity index (χ4n) is 1.54. The first-order chi connectivity index (χ1) is 12.3. The molecule has 0 amide bonds. The summed E-state index contributed by atoms with van der Waals surface area (Å²) < 4.78 is 28.7. The van der Waals surface area contributed by atoms with E-state index in [1.807, 2.05) is 6.92 Å². The highest BCUT2D eigenvalue weighted by atomic mass is 16.8. The van der Waals surface area contributed by atoms with Crippen LogP contribution in [0.25, 0.3) is 0 Å². The summed E-state index contributed by atoms with van der Waals surface area (Å²) >= 11 is 0. The van der Waals surface area contributed by atoms with Gasteiger partial charge in [-0.1, -0.05) is 13.8 Å². The minimum absolute atomic E-state index is 0.0995. The summed E-state index contributed by atoms with van der Waals surface area (Å²) in [7, 11) is 1.12. The van der Waals surface area contributed by atoms with Gasteiger partial charge in [-0.05, 0) is 12.8 Å². The highest BCUT2D eigenvalue weighted by Gasteiger charge is 2.22. The first kappa shape index (κ1) is 23.5. The lowest BCUT2D eigenvalue weighted by molar-refractivity contribution is -0.148. The number of methoxy groups -OCH3 is 1. The average Bonchev–Trinajstić information content (AvgIpc) is 2.60. The molecule has 0 aromatic carbocycles. The molecule has 0 fully saturated rings. The molecule has 0 saturated heterocycles. The van der Waals surface area contributed by atoms with Crippen molar-refractivity contribution < 1.29 is 47.6 Å². The van der Waals surface area contributed by atoms with Gasteiger partial charge in [-0.15, -0.1) is 0 Å². The first-order valence-corrected chi connectivity index (χ1v) is 8.19. The molecule has 0 aliphatic rings. The molecule has 10 heteroatoms. The van der Waals surface area contributed by atoms with Crippen molar-refractivity contribution in [3.63, 3.8) is 0 Å².